The van der Waals surface area contributed by atoms with Crippen molar-refractivity contribution in [1.29, 1.82) is 0 Å². The van der Waals surface area contributed by atoms with Gasteiger partial charge in [0.2, 0.25) is 0 Å². The second-order valence-electron chi connectivity index (χ2n) is 9.04. The summed E-state index contributed by atoms with van der Waals surface area (Å²) in [5, 5.41) is 0.127. The molecule has 0 aromatic heterocycles. The first-order chi connectivity index (χ1) is 15.5. The number of hydrogen-bond donors (Lipinski definition) is 0. The molecule has 0 bridgehead atoms. The molecule has 1 saturated carbocycles. The average Bonchev–Trinajstić information content (AvgIpc) is 2.83. The molecule has 0 unspecified atom stereocenters. The number of fused-ring (bicyclic) bond motifs is 1. The van der Waals surface area contributed by atoms with Crippen LogP contribution in [0.4, 0.5) is 13.2 Å². The van der Waals surface area contributed by atoms with Gasteiger partial charge in [-0.25, -0.2) is 13.2 Å². The molecule has 0 amide bonds. The van der Waals surface area contributed by atoms with Crippen LogP contribution in [0.1, 0.15) is 69.4 Å². The average molecular weight is 437 g/mol. The number of allylic oxidation sites excluding steroid dienone is 2. The van der Waals surface area contributed by atoms with Gasteiger partial charge in [0.1, 0.15) is 5.82 Å². The van der Waals surface area contributed by atoms with Crippen LogP contribution in [-0.4, -0.2) is 0 Å². The minimum atomic E-state index is -1.11. The first-order valence-electron chi connectivity index (χ1n) is 11.8. The first kappa shape index (κ1) is 22.6. The van der Waals surface area contributed by atoms with E-state index in [1.54, 1.807) is 18.2 Å². The molecule has 0 saturated heterocycles. The van der Waals surface area contributed by atoms with E-state index in [0.29, 0.717) is 35.3 Å². The SMILES string of the molecule is C/C=C/CCc1ccc2cc(-c3ccc(C4CCC(CC)CC4)cc3)c(F)c(F)c2c1F. The van der Waals surface area contributed by atoms with Crippen LogP contribution in [-0.2, 0) is 6.42 Å². The Labute approximate surface area is 189 Å². The predicted molar refractivity (Wildman–Crippen MR) is 127 cm³/mol. The van der Waals surface area contributed by atoms with Crippen LogP contribution in [0, 0.1) is 23.4 Å². The first-order valence-corrected chi connectivity index (χ1v) is 11.8. The number of hydrogen-bond acceptors (Lipinski definition) is 0. The summed E-state index contributed by atoms with van der Waals surface area (Å²) < 4.78 is 45.0. The third-order valence-corrected chi connectivity index (χ3v) is 7.14. The quantitative estimate of drug-likeness (QED) is 0.338. The van der Waals surface area contributed by atoms with E-state index < -0.39 is 17.5 Å². The highest BCUT2D eigenvalue weighted by molar-refractivity contribution is 5.89. The van der Waals surface area contributed by atoms with Crippen molar-refractivity contribution in [2.75, 3.05) is 0 Å². The molecule has 3 aromatic carbocycles. The standard InChI is InChI=1S/C29H31F3/c1-3-5-6-7-23-16-17-24-18-25(28(31)29(32)26(24)27(23)30)22-14-12-21(13-15-22)20-10-8-19(4-2)9-11-20/h3,5,12-20H,4,6-11H2,1-2H3/b5-3+. The molecule has 1 fully saturated rings. The summed E-state index contributed by atoms with van der Waals surface area (Å²) in [5.74, 6) is -1.37. The molecule has 0 radical (unpaired) electrons. The summed E-state index contributed by atoms with van der Waals surface area (Å²) in [6.07, 6.45) is 11.1. The summed E-state index contributed by atoms with van der Waals surface area (Å²) in [4.78, 5) is 0. The highest BCUT2D eigenvalue weighted by atomic mass is 19.2. The number of halogens is 3. The Hall–Kier alpha value is -2.55. The molecule has 1 aliphatic rings. The minimum absolute atomic E-state index is 0.178. The number of aryl methyl sites for hydroxylation is 1. The van der Waals surface area contributed by atoms with Gasteiger partial charge in [-0.1, -0.05) is 61.9 Å². The van der Waals surface area contributed by atoms with Crippen LogP contribution in [0.5, 0.6) is 0 Å². The van der Waals surface area contributed by atoms with Crippen molar-refractivity contribution in [2.45, 2.75) is 64.7 Å². The Morgan fingerprint density at radius 1 is 0.875 bits per heavy atom. The lowest BCUT2D eigenvalue weighted by molar-refractivity contribution is 0.319. The van der Waals surface area contributed by atoms with Crippen molar-refractivity contribution < 1.29 is 13.2 Å². The van der Waals surface area contributed by atoms with E-state index in [2.05, 4.69) is 6.92 Å². The second kappa shape index (κ2) is 9.94. The number of rotatable bonds is 6. The highest BCUT2D eigenvalue weighted by Crippen LogP contribution is 2.38. The maximum atomic E-state index is 15.0. The molecule has 3 heteroatoms. The molecule has 0 aliphatic heterocycles. The smallest absolute Gasteiger partial charge is 0.170 e. The lowest BCUT2D eigenvalue weighted by atomic mass is 9.77. The van der Waals surface area contributed by atoms with Crippen molar-refractivity contribution in [3.63, 3.8) is 0 Å². The zero-order chi connectivity index (χ0) is 22.7. The summed E-state index contributed by atoms with van der Waals surface area (Å²) in [5.41, 5.74) is 2.47. The Bertz CT molecular complexity index is 1100. The van der Waals surface area contributed by atoms with Gasteiger partial charge in [0, 0.05) is 5.56 Å². The van der Waals surface area contributed by atoms with Crippen molar-refractivity contribution >= 4 is 10.8 Å². The van der Waals surface area contributed by atoms with Crippen LogP contribution >= 0.6 is 0 Å². The van der Waals surface area contributed by atoms with E-state index in [1.165, 1.54) is 37.7 Å². The maximum absolute atomic E-state index is 15.0. The van der Waals surface area contributed by atoms with E-state index >= 15 is 4.39 Å². The van der Waals surface area contributed by atoms with Gasteiger partial charge in [-0.05, 0) is 85.4 Å². The molecule has 1 aliphatic carbocycles. The molecule has 0 nitrogen and oxygen atoms in total. The van der Waals surface area contributed by atoms with Crippen molar-refractivity contribution in [1.82, 2.24) is 0 Å². The van der Waals surface area contributed by atoms with Crippen LogP contribution in [0.3, 0.4) is 0 Å². The third kappa shape index (κ3) is 4.48. The molecular weight excluding hydrogens is 405 g/mol. The Balaban J connectivity index is 1.63. The molecule has 168 valence electrons. The Kier molecular flexibility index (Phi) is 7.03. The van der Waals surface area contributed by atoms with Crippen molar-refractivity contribution in [3.8, 4) is 11.1 Å². The monoisotopic (exact) mass is 436 g/mol. The van der Waals surface area contributed by atoms with Gasteiger partial charge in [-0.15, -0.1) is 0 Å². The van der Waals surface area contributed by atoms with E-state index in [4.69, 9.17) is 0 Å². The fourth-order valence-corrected chi connectivity index (χ4v) is 5.07. The van der Waals surface area contributed by atoms with Gasteiger partial charge < -0.3 is 0 Å². The molecule has 0 heterocycles. The van der Waals surface area contributed by atoms with Gasteiger partial charge in [-0.2, -0.15) is 0 Å². The van der Waals surface area contributed by atoms with Crippen molar-refractivity contribution in [3.05, 3.63) is 83.2 Å². The maximum Gasteiger partial charge on any atom is 0.170 e. The van der Waals surface area contributed by atoms with Crippen LogP contribution in [0.25, 0.3) is 21.9 Å². The van der Waals surface area contributed by atoms with Crippen LogP contribution in [0.15, 0.2) is 54.6 Å². The molecule has 32 heavy (non-hydrogen) atoms. The summed E-state index contributed by atoms with van der Waals surface area (Å²) in [6.45, 7) is 4.16. The largest absolute Gasteiger partial charge is 0.206 e. The molecule has 4 rings (SSSR count). The van der Waals surface area contributed by atoms with E-state index in [9.17, 15) is 8.78 Å². The zero-order valence-corrected chi connectivity index (χ0v) is 18.9. The van der Waals surface area contributed by atoms with Crippen LogP contribution < -0.4 is 0 Å². The van der Waals surface area contributed by atoms with Gasteiger partial charge in [0.25, 0.3) is 0 Å². The van der Waals surface area contributed by atoms with E-state index in [0.717, 1.165) is 5.92 Å². The van der Waals surface area contributed by atoms with Gasteiger partial charge in [-0.3, -0.25) is 0 Å². The van der Waals surface area contributed by atoms with Gasteiger partial charge in [0.15, 0.2) is 11.6 Å². The molecular formula is C29H31F3. The lowest BCUT2D eigenvalue weighted by Crippen LogP contribution is -2.12. The Morgan fingerprint density at radius 3 is 2.25 bits per heavy atom. The zero-order valence-electron chi connectivity index (χ0n) is 18.9. The third-order valence-electron chi connectivity index (χ3n) is 7.14. The van der Waals surface area contributed by atoms with Gasteiger partial charge in [0.05, 0.1) is 5.39 Å². The lowest BCUT2D eigenvalue weighted by Gasteiger charge is -2.28. The topological polar surface area (TPSA) is 0 Å². The fourth-order valence-electron chi connectivity index (χ4n) is 5.07. The second-order valence-corrected chi connectivity index (χ2v) is 9.04. The molecule has 0 N–H and O–H groups in total. The Morgan fingerprint density at radius 2 is 1.59 bits per heavy atom. The molecule has 3 aromatic rings. The minimum Gasteiger partial charge on any atom is -0.206 e. The highest BCUT2D eigenvalue weighted by Gasteiger charge is 2.22. The normalized spacial score (nSPS) is 19.2. The fraction of sp³-hybridized carbons (Fsp3) is 0.379. The predicted octanol–water partition coefficient (Wildman–Crippen LogP) is 9.12. The summed E-state index contributed by atoms with van der Waals surface area (Å²) >= 11 is 0. The molecule has 0 spiro atoms. The van der Waals surface area contributed by atoms with Gasteiger partial charge >= 0.3 is 0 Å². The number of benzene rings is 3. The summed E-state index contributed by atoms with van der Waals surface area (Å²) in [7, 11) is 0. The van der Waals surface area contributed by atoms with E-state index in [-0.39, 0.29) is 10.9 Å². The molecule has 0 atom stereocenters. The van der Waals surface area contributed by atoms with Crippen molar-refractivity contribution in [2.24, 2.45) is 5.92 Å². The van der Waals surface area contributed by atoms with E-state index in [1.807, 2.05) is 43.3 Å². The van der Waals surface area contributed by atoms with Crippen LogP contribution in [0.2, 0.25) is 0 Å². The summed E-state index contributed by atoms with van der Waals surface area (Å²) in [6, 6.07) is 12.7.